The van der Waals surface area contributed by atoms with Crippen LogP contribution in [0, 0.1) is 0 Å². The molecule has 0 fully saturated rings. The van der Waals surface area contributed by atoms with E-state index in [4.69, 9.17) is 9.52 Å². The Bertz CT molecular complexity index is 290. The van der Waals surface area contributed by atoms with Gasteiger partial charge in [-0.2, -0.15) is 0 Å². The van der Waals surface area contributed by atoms with Crippen LogP contribution >= 0.6 is 0 Å². The summed E-state index contributed by atoms with van der Waals surface area (Å²) >= 11 is 0. The highest BCUT2D eigenvalue weighted by Crippen LogP contribution is 2.11. The van der Waals surface area contributed by atoms with E-state index in [1.54, 1.807) is 6.26 Å². The van der Waals surface area contributed by atoms with Crippen molar-refractivity contribution in [1.29, 1.82) is 0 Å². The zero-order chi connectivity index (χ0) is 12.3. The molecule has 0 spiro atoms. The van der Waals surface area contributed by atoms with Crippen LogP contribution < -0.4 is 0 Å². The standard InChI is InChI=1S/C14H22O3/c15-14(16)11-7-5-3-1-2-4-6-9-13-10-8-12-17-13/h8,10,12H,1-7,9,11H2,(H,15,16). The molecule has 0 aliphatic rings. The van der Waals surface area contributed by atoms with Crippen molar-refractivity contribution in [1.82, 2.24) is 0 Å². The quantitative estimate of drug-likeness (QED) is 0.626. The van der Waals surface area contributed by atoms with E-state index in [9.17, 15) is 4.79 Å². The fraction of sp³-hybridized carbons (Fsp3) is 0.643. The van der Waals surface area contributed by atoms with Crippen LogP contribution in [-0.2, 0) is 11.2 Å². The van der Waals surface area contributed by atoms with Gasteiger partial charge in [0.2, 0.25) is 0 Å². The molecule has 17 heavy (non-hydrogen) atoms. The van der Waals surface area contributed by atoms with Crippen LogP contribution in [0.1, 0.15) is 57.1 Å². The molecule has 0 saturated heterocycles. The molecule has 3 nitrogen and oxygen atoms in total. The van der Waals surface area contributed by atoms with E-state index in [0.29, 0.717) is 6.42 Å². The van der Waals surface area contributed by atoms with Crippen LogP contribution in [0.5, 0.6) is 0 Å². The van der Waals surface area contributed by atoms with Crippen LogP contribution in [0.25, 0.3) is 0 Å². The molecule has 0 atom stereocenters. The lowest BCUT2D eigenvalue weighted by Gasteiger charge is -2.00. The number of hydrogen-bond acceptors (Lipinski definition) is 2. The first-order valence-electron chi connectivity index (χ1n) is 6.53. The fourth-order valence-corrected chi connectivity index (χ4v) is 1.91. The normalized spacial score (nSPS) is 10.6. The van der Waals surface area contributed by atoms with Crippen LogP contribution in [0.2, 0.25) is 0 Å². The Morgan fingerprint density at radius 1 is 1.06 bits per heavy atom. The molecule has 0 unspecified atom stereocenters. The third-order valence-electron chi connectivity index (χ3n) is 2.89. The number of hydrogen-bond donors (Lipinski definition) is 1. The summed E-state index contributed by atoms with van der Waals surface area (Å²) in [6.45, 7) is 0. The number of carboxylic acid groups (broad SMARTS) is 1. The molecule has 1 aromatic rings. The van der Waals surface area contributed by atoms with Gasteiger partial charge in [0.1, 0.15) is 5.76 Å². The molecule has 0 radical (unpaired) electrons. The Labute approximate surface area is 103 Å². The second-order valence-electron chi connectivity index (χ2n) is 4.45. The second-order valence-corrected chi connectivity index (χ2v) is 4.45. The lowest BCUT2D eigenvalue weighted by molar-refractivity contribution is -0.137. The van der Waals surface area contributed by atoms with Crippen molar-refractivity contribution in [2.45, 2.75) is 57.8 Å². The molecule has 0 aromatic carbocycles. The molecule has 0 bridgehead atoms. The van der Waals surface area contributed by atoms with Crippen LogP contribution in [0.15, 0.2) is 22.8 Å². The van der Waals surface area contributed by atoms with E-state index in [-0.39, 0.29) is 0 Å². The van der Waals surface area contributed by atoms with Crippen molar-refractivity contribution in [2.75, 3.05) is 0 Å². The number of aliphatic carboxylic acids is 1. The maximum atomic E-state index is 10.3. The molecular weight excluding hydrogens is 216 g/mol. The Hall–Kier alpha value is -1.25. The molecule has 1 rings (SSSR count). The Balaban J connectivity index is 1.80. The molecule has 3 heteroatoms. The van der Waals surface area contributed by atoms with Crippen molar-refractivity contribution < 1.29 is 14.3 Å². The Morgan fingerprint density at radius 2 is 1.71 bits per heavy atom. The first kappa shape index (κ1) is 13.8. The summed E-state index contributed by atoms with van der Waals surface area (Å²) < 4.78 is 5.26. The third kappa shape index (κ3) is 7.61. The number of furan rings is 1. The minimum Gasteiger partial charge on any atom is -0.481 e. The zero-order valence-electron chi connectivity index (χ0n) is 10.4. The summed E-state index contributed by atoms with van der Waals surface area (Å²) in [5.41, 5.74) is 0. The molecule has 0 aliphatic carbocycles. The predicted molar refractivity (Wildman–Crippen MR) is 67.0 cm³/mol. The van der Waals surface area contributed by atoms with Crippen molar-refractivity contribution in [3.8, 4) is 0 Å². The molecule has 1 N–H and O–H groups in total. The largest absolute Gasteiger partial charge is 0.481 e. The van der Waals surface area contributed by atoms with Gasteiger partial charge in [0.05, 0.1) is 6.26 Å². The summed E-state index contributed by atoms with van der Waals surface area (Å²) in [5.74, 6) is 0.398. The predicted octanol–water partition coefficient (Wildman–Crippen LogP) is 4.03. The Morgan fingerprint density at radius 3 is 2.29 bits per heavy atom. The molecule has 0 aliphatic heterocycles. The van der Waals surface area contributed by atoms with Gasteiger partial charge < -0.3 is 9.52 Å². The van der Waals surface area contributed by atoms with Crippen molar-refractivity contribution in [2.24, 2.45) is 0 Å². The van der Waals surface area contributed by atoms with E-state index in [1.807, 2.05) is 12.1 Å². The second kappa shape index (κ2) is 8.85. The molecule has 0 saturated carbocycles. The number of rotatable bonds is 10. The molecule has 96 valence electrons. The minimum absolute atomic E-state index is 0.318. The number of carbonyl (C=O) groups is 1. The lowest BCUT2D eigenvalue weighted by atomic mass is 10.1. The van der Waals surface area contributed by atoms with Gasteiger partial charge in [0, 0.05) is 12.8 Å². The average Bonchev–Trinajstić information content (AvgIpc) is 2.79. The van der Waals surface area contributed by atoms with Crippen molar-refractivity contribution in [3.05, 3.63) is 24.2 Å². The fourth-order valence-electron chi connectivity index (χ4n) is 1.91. The van der Waals surface area contributed by atoms with Gasteiger partial charge in [-0.05, 0) is 25.0 Å². The monoisotopic (exact) mass is 238 g/mol. The topological polar surface area (TPSA) is 50.4 Å². The lowest BCUT2D eigenvalue weighted by Crippen LogP contribution is -1.93. The van der Waals surface area contributed by atoms with Gasteiger partial charge in [-0.15, -0.1) is 0 Å². The van der Waals surface area contributed by atoms with Crippen LogP contribution in [-0.4, -0.2) is 11.1 Å². The maximum absolute atomic E-state index is 10.3. The minimum atomic E-state index is -0.677. The van der Waals surface area contributed by atoms with Crippen LogP contribution in [0.4, 0.5) is 0 Å². The average molecular weight is 238 g/mol. The van der Waals surface area contributed by atoms with Gasteiger partial charge in [-0.3, -0.25) is 4.79 Å². The smallest absolute Gasteiger partial charge is 0.303 e. The molecular formula is C14H22O3. The van der Waals surface area contributed by atoms with E-state index in [1.165, 1.54) is 25.7 Å². The maximum Gasteiger partial charge on any atom is 0.303 e. The Kier molecular flexibility index (Phi) is 7.19. The van der Waals surface area contributed by atoms with E-state index in [0.717, 1.165) is 31.4 Å². The van der Waals surface area contributed by atoms with Crippen molar-refractivity contribution >= 4 is 5.97 Å². The van der Waals surface area contributed by atoms with Gasteiger partial charge in [-0.1, -0.05) is 32.1 Å². The summed E-state index contributed by atoms with van der Waals surface area (Å²) in [6.07, 6.45) is 11.0. The highest BCUT2D eigenvalue weighted by molar-refractivity contribution is 5.66. The van der Waals surface area contributed by atoms with E-state index >= 15 is 0 Å². The number of carboxylic acids is 1. The van der Waals surface area contributed by atoms with Crippen molar-refractivity contribution in [3.63, 3.8) is 0 Å². The first-order valence-corrected chi connectivity index (χ1v) is 6.53. The first-order chi connectivity index (χ1) is 8.29. The summed E-state index contributed by atoms with van der Waals surface area (Å²) in [5, 5.41) is 8.47. The van der Waals surface area contributed by atoms with E-state index in [2.05, 4.69) is 0 Å². The highest BCUT2D eigenvalue weighted by Gasteiger charge is 1.97. The number of unbranched alkanes of at least 4 members (excludes halogenated alkanes) is 6. The molecule has 1 heterocycles. The third-order valence-corrected chi connectivity index (χ3v) is 2.89. The van der Waals surface area contributed by atoms with Crippen LogP contribution in [0.3, 0.4) is 0 Å². The van der Waals surface area contributed by atoms with Gasteiger partial charge >= 0.3 is 5.97 Å². The summed E-state index contributed by atoms with van der Waals surface area (Å²) in [7, 11) is 0. The molecule has 0 amide bonds. The zero-order valence-corrected chi connectivity index (χ0v) is 10.4. The van der Waals surface area contributed by atoms with Gasteiger partial charge in [0.25, 0.3) is 0 Å². The SMILES string of the molecule is O=C(O)CCCCCCCCCc1ccco1. The van der Waals surface area contributed by atoms with Gasteiger partial charge in [0.15, 0.2) is 0 Å². The highest BCUT2D eigenvalue weighted by atomic mass is 16.4. The summed E-state index contributed by atoms with van der Waals surface area (Å²) in [4.78, 5) is 10.3. The summed E-state index contributed by atoms with van der Waals surface area (Å²) in [6, 6.07) is 3.95. The van der Waals surface area contributed by atoms with Gasteiger partial charge in [-0.25, -0.2) is 0 Å². The number of aryl methyl sites for hydroxylation is 1. The van der Waals surface area contributed by atoms with E-state index < -0.39 is 5.97 Å². The molecule has 1 aromatic heterocycles.